The average molecular weight is 289 g/mol. The quantitative estimate of drug-likeness (QED) is 0.643. The first-order valence-electron chi connectivity index (χ1n) is 6.01. The number of aliphatic hydroxyl groups is 1. The molecule has 2 heterocycles. The third kappa shape index (κ3) is 2.52. The highest BCUT2D eigenvalue weighted by atomic mass is 16.5. The number of nitrogen functional groups attached to an aromatic ring is 1. The van der Waals surface area contributed by atoms with E-state index in [-0.39, 0.29) is 30.1 Å². The number of nitrogens with two attached hydrogens (primary N) is 1. The number of rotatable bonds is 5. The third-order valence-electron chi connectivity index (χ3n) is 3.16. The highest BCUT2D eigenvalue weighted by molar-refractivity contribution is 5.74. The van der Waals surface area contributed by atoms with Crippen LogP contribution in [0, 0.1) is 12.3 Å². The van der Waals surface area contributed by atoms with Gasteiger partial charge in [-0.1, -0.05) is 12.5 Å². The number of terminal acetylenes is 1. The first kappa shape index (κ1) is 14.8. The van der Waals surface area contributed by atoms with E-state index in [2.05, 4.69) is 27.5 Å². The number of aliphatic hydroxyl groups excluding tert-OH is 1. The molecule has 8 nitrogen and oxygen atoms in total. The van der Waals surface area contributed by atoms with Gasteiger partial charge in [0.25, 0.3) is 5.56 Å². The molecule has 8 heteroatoms. The van der Waals surface area contributed by atoms with Crippen LogP contribution < -0.4 is 11.3 Å². The number of nitrogens with one attached hydrogen (secondary N) is 1. The van der Waals surface area contributed by atoms with Crippen LogP contribution in [0.4, 0.5) is 5.95 Å². The summed E-state index contributed by atoms with van der Waals surface area (Å²) in [5, 5.41) is 9.40. The predicted octanol–water partition coefficient (Wildman–Crippen LogP) is -0.427. The smallest absolute Gasteiger partial charge is 0.280 e. The van der Waals surface area contributed by atoms with Gasteiger partial charge in [0.1, 0.15) is 6.33 Å². The lowest BCUT2D eigenvalue weighted by atomic mass is 10.00. The SMILES string of the molecule is C#C[C@@](CO)(CC(=C)n1cnc2c(=O)[nH]c(N)nc21)OC. The molecule has 0 aliphatic carbocycles. The van der Waals surface area contributed by atoms with Crippen molar-refractivity contribution in [1.82, 2.24) is 19.5 Å². The molecule has 0 spiro atoms. The van der Waals surface area contributed by atoms with Crippen molar-refractivity contribution >= 4 is 22.8 Å². The van der Waals surface area contributed by atoms with E-state index in [4.69, 9.17) is 16.9 Å². The second-order valence-electron chi connectivity index (χ2n) is 4.48. The van der Waals surface area contributed by atoms with Crippen molar-refractivity contribution in [3.05, 3.63) is 23.3 Å². The molecule has 1 atom stereocenters. The molecule has 2 aromatic rings. The third-order valence-corrected chi connectivity index (χ3v) is 3.16. The molecule has 4 N–H and O–H groups in total. The molecule has 0 amide bonds. The van der Waals surface area contributed by atoms with Gasteiger partial charge >= 0.3 is 0 Å². The van der Waals surface area contributed by atoms with Crippen molar-refractivity contribution in [3.8, 4) is 12.3 Å². The Balaban J connectivity index is 2.46. The molecule has 0 saturated heterocycles. The van der Waals surface area contributed by atoms with E-state index in [9.17, 15) is 9.90 Å². The number of H-pyrrole nitrogens is 1. The standard InChI is InChI=1S/C13H15N5O3/c1-4-13(6-19,21-3)5-8(2)18-7-15-9-10(18)16-12(14)17-11(9)20/h1,7,19H,2,5-6H2,3H3,(H3,14,16,17,20)/t13-/m0/s1. The van der Waals surface area contributed by atoms with E-state index in [1.54, 1.807) is 0 Å². The molecule has 2 rings (SSSR count). The summed E-state index contributed by atoms with van der Waals surface area (Å²) >= 11 is 0. The van der Waals surface area contributed by atoms with Crippen molar-refractivity contribution in [3.63, 3.8) is 0 Å². The van der Waals surface area contributed by atoms with Gasteiger partial charge in [0, 0.05) is 19.2 Å². The van der Waals surface area contributed by atoms with Crippen molar-refractivity contribution in [2.75, 3.05) is 19.5 Å². The van der Waals surface area contributed by atoms with Crippen LogP contribution in [0.1, 0.15) is 6.42 Å². The van der Waals surface area contributed by atoms with Crippen molar-refractivity contribution in [1.29, 1.82) is 0 Å². The maximum atomic E-state index is 11.7. The molecular weight excluding hydrogens is 274 g/mol. The molecule has 2 aromatic heterocycles. The van der Waals surface area contributed by atoms with Gasteiger partial charge in [-0.25, -0.2) is 4.98 Å². The Morgan fingerprint density at radius 2 is 2.48 bits per heavy atom. The second kappa shape index (κ2) is 5.40. The van der Waals surface area contributed by atoms with E-state index in [0.29, 0.717) is 5.70 Å². The lowest BCUT2D eigenvalue weighted by Crippen LogP contribution is -2.34. The molecule has 0 aliphatic heterocycles. The van der Waals surface area contributed by atoms with Crippen LogP contribution in [0.3, 0.4) is 0 Å². The predicted molar refractivity (Wildman–Crippen MR) is 78.2 cm³/mol. The van der Waals surface area contributed by atoms with Crippen LogP contribution >= 0.6 is 0 Å². The molecule has 0 bridgehead atoms. The summed E-state index contributed by atoms with van der Waals surface area (Å²) in [7, 11) is 1.40. The van der Waals surface area contributed by atoms with Crippen LogP contribution in [-0.4, -0.2) is 43.9 Å². The van der Waals surface area contributed by atoms with Gasteiger partial charge in [0.2, 0.25) is 5.95 Å². The minimum absolute atomic E-state index is 0.0286. The van der Waals surface area contributed by atoms with E-state index >= 15 is 0 Å². The van der Waals surface area contributed by atoms with E-state index in [1.807, 2.05) is 0 Å². The van der Waals surface area contributed by atoms with Crippen LogP contribution in [0.25, 0.3) is 16.9 Å². The monoisotopic (exact) mass is 289 g/mol. The summed E-state index contributed by atoms with van der Waals surface area (Å²) in [6, 6.07) is 0. The van der Waals surface area contributed by atoms with E-state index < -0.39 is 11.2 Å². The maximum absolute atomic E-state index is 11.7. The van der Waals surface area contributed by atoms with Crippen molar-refractivity contribution in [2.24, 2.45) is 0 Å². The van der Waals surface area contributed by atoms with Crippen molar-refractivity contribution in [2.45, 2.75) is 12.0 Å². The second-order valence-corrected chi connectivity index (χ2v) is 4.48. The van der Waals surface area contributed by atoms with Gasteiger partial charge in [0.05, 0.1) is 6.61 Å². The fraction of sp³-hybridized carbons (Fsp3) is 0.308. The number of aromatic nitrogens is 4. The van der Waals surface area contributed by atoms with Crippen LogP contribution in [-0.2, 0) is 4.74 Å². The summed E-state index contributed by atoms with van der Waals surface area (Å²) < 4.78 is 6.66. The zero-order chi connectivity index (χ0) is 15.6. The first-order valence-corrected chi connectivity index (χ1v) is 6.01. The van der Waals surface area contributed by atoms with Crippen LogP contribution in [0.15, 0.2) is 17.7 Å². The van der Waals surface area contributed by atoms with Gasteiger partial charge in [-0.05, 0) is 0 Å². The number of anilines is 1. The van der Waals surface area contributed by atoms with E-state index in [0.717, 1.165) is 0 Å². The summed E-state index contributed by atoms with van der Waals surface area (Å²) in [6.45, 7) is 3.51. The van der Waals surface area contributed by atoms with Gasteiger partial charge in [-0.3, -0.25) is 14.3 Å². The zero-order valence-corrected chi connectivity index (χ0v) is 11.5. The Labute approximate surface area is 120 Å². The van der Waals surface area contributed by atoms with Gasteiger partial charge < -0.3 is 15.6 Å². The van der Waals surface area contributed by atoms with Gasteiger partial charge in [0.15, 0.2) is 16.8 Å². The van der Waals surface area contributed by atoms with Crippen molar-refractivity contribution < 1.29 is 9.84 Å². The lowest BCUT2D eigenvalue weighted by Gasteiger charge is -2.25. The number of nitrogens with zero attached hydrogens (tertiary/aromatic N) is 3. The molecule has 21 heavy (non-hydrogen) atoms. The summed E-state index contributed by atoms with van der Waals surface area (Å²) in [5.41, 5.74) is 4.75. The fourth-order valence-corrected chi connectivity index (χ4v) is 1.92. The number of ether oxygens (including phenoxy) is 1. The summed E-state index contributed by atoms with van der Waals surface area (Å²) in [5.74, 6) is 2.37. The molecule has 0 saturated carbocycles. The largest absolute Gasteiger partial charge is 0.392 e. The summed E-state index contributed by atoms with van der Waals surface area (Å²) in [4.78, 5) is 22.1. The Hall–Kier alpha value is -2.63. The molecule has 0 aromatic carbocycles. The first-order chi connectivity index (χ1) is 9.96. The molecule has 0 fully saturated rings. The highest BCUT2D eigenvalue weighted by Crippen LogP contribution is 2.23. The Bertz CT molecular complexity index is 779. The molecular formula is C13H15N5O3. The number of fused-ring (bicyclic) bond motifs is 1. The molecule has 0 aliphatic rings. The molecule has 0 radical (unpaired) electrons. The fourth-order valence-electron chi connectivity index (χ4n) is 1.92. The zero-order valence-electron chi connectivity index (χ0n) is 11.5. The summed E-state index contributed by atoms with van der Waals surface area (Å²) in [6.07, 6.45) is 6.93. The molecule has 0 unspecified atom stereocenters. The minimum atomic E-state index is -1.19. The van der Waals surface area contributed by atoms with Gasteiger partial charge in [-0.2, -0.15) is 4.98 Å². The normalized spacial score (nSPS) is 13.8. The maximum Gasteiger partial charge on any atom is 0.280 e. The number of methoxy groups -OCH3 is 1. The minimum Gasteiger partial charge on any atom is -0.392 e. The van der Waals surface area contributed by atoms with E-state index in [1.165, 1.54) is 18.0 Å². The highest BCUT2D eigenvalue weighted by Gasteiger charge is 2.28. The topological polar surface area (TPSA) is 119 Å². The number of hydrogen-bond acceptors (Lipinski definition) is 6. The number of hydrogen-bond donors (Lipinski definition) is 3. The Kier molecular flexibility index (Phi) is 3.80. The number of imidazole rings is 1. The Morgan fingerprint density at radius 3 is 3.05 bits per heavy atom. The van der Waals surface area contributed by atoms with Crippen LogP contribution in [0.2, 0.25) is 0 Å². The molecule has 110 valence electrons. The Morgan fingerprint density at radius 1 is 1.76 bits per heavy atom. The lowest BCUT2D eigenvalue weighted by molar-refractivity contribution is -0.00284. The average Bonchev–Trinajstić information content (AvgIpc) is 2.89. The van der Waals surface area contributed by atoms with Gasteiger partial charge in [-0.15, -0.1) is 6.42 Å². The number of aromatic amines is 1. The van der Waals surface area contributed by atoms with Crippen LogP contribution in [0.5, 0.6) is 0 Å².